The van der Waals surface area contributed by atoms with Gasteiger partial charge < -0.3 is 16.2 Å². The van der Waals surface area contributed by atoms with E-state index in [1.54, 1.807) is 0 Å². The molecule has 0 aliphatic rings. The molecule has 2 aromatic rings. The molecule has 0 spiro atoms. The lowest BCUT2D eigenvalue weighted by Crippen LogP contribution is -2.21. The van der Waals surface area contributed by atoms with E-state index in [0.29, 0.717) is 18.0 Å². The zero-order valence-electron chi connectivity index (χ0n) is 17.2. The first kappa shape index (κ1) is 23.4. The van der Waals surface area contributed by atoms with E-state index in [2.05, 4.69) is 22.2 Å². The number of nitrogens with two attached hydrogens (primary N) is 1. The third-order valence-electron chi connectivity index (χ3n) is 4.98. The van der Waals surface area contributed by atoms with E-state index in [1.165, 1.54) is 0 Å². The first-order valence-corrected chi connectivity index (χ1v) is 9.74. The van der Waals surface area contributed by atoms with Gasteiger partial charge in [-0.1, -0.05) is 20.3 Å². The SMILES string of the molecule is CCCC(CNC)CC(C)c1nc(-c2cc(C(F)(F)F)ccc2O)nc(N)c1C#N. The third-order valence-corrected chi connectivity index (χ3v) is 4.98. The number of phenolic OH excluding ortho intramolecular Hbond substituents is 1. The van der Waals surface area contributed by atoms with Crippen molar-refractivity contribution in [2.75, 3.05) is 19.3 Å². The molecule has 9 heteroatoms. The van der Waals surface area contributed by atoms with Crippen molar-refractivity contribution >= 4 is 5.82 Å². The summed E-state index contributed by atoms with van der Waals surface area (Å²) in [5, 5.41) is 22.8. The number of phenols is 1. The first-order chi connectivity index (χ1) is 14.1. The molecular formula is C21H26F3N5O. The van der Waals surface area contributed by atoms with E-state index >= 15 is 0 Å². The monoisotopic (exact) mass is 421 g/mol. The minimum absolute atomic E-state index is 0.109. The second-order valence-corrected chi connectivity index (χ2v) is 7.38. The highest BCUT2D eigenvalue weighted by Crippen LogP contribution is 2.37. The highest BCUT2D eigenvalue weighted by molar-refractivity contribution is 5.68. The number of nitrogen functional groups attached to an aromatic ring is 1. The van der Waals surface area contributed by atoms with Gasteiger partial charge in [-0.15, -0.1) is 0 Å². The van der Waals surface area contributed by atoms with Gasteiger partial charge in [-0.05, 0) is 50.6 Å². The number of aromatic nitrogens is 2. The highest BCUT2D eigenvalue weighted by Gasteiger charge is 2.32. The van der Waals surface area contributed by atoms with E-state index in [1.807, 2.05) is 20.0 Å². The third kappa shape index (κ3) is 5.39. The molecule has 6 nitrogen and oxygen atoms in total. The molecule has 4 N–H and O–H groups in total. The molecular weight excluding hydrogens is 395 g/mol. The highest BCUT2D eigenvalue weighted by atomic mass is 19.4. The van der Waals surface area contributed by atoms with E-state index in [4.69, 9.17) is 5.73 Å². The Morgan fingerprint density at radius 2 is 2.00 bits per heavy atom. The van der Waals surface area contributed by atoms with Crippen molar-refractivity contribution in [3.05, 3.63) is 35.0 Å². The Morgan fingerprint density at radius 1 is 1.30 bits per heavy atom. The standard InChI is InChI=1S/C21H26F3N5O/c1-4-5-13(11-27-3)8-12(2)18-16(10-25)19(26)29-20(28-18)15-9-14(21(22,23)24)6-7-17(15)30/h6-7,9,12-13,27,30H,4-5,8,11H2,1-3H3,(H2,26,28,29). The van der Waals surface area contributed by atoms with Crippen LogP contribution in [0.3, 0.4) is 0 Å². The number of aromatic hydroxyl groups is 1. The lowest BCUT2D eigenvalue weighted by Gasteiger charge is -2.21. The van der Waals surface area contributed by atoms with E-state index in [-0.39, 0.29) is 28.7 Å². The molecule has 0 fully saturated rings. The van der Waals surface area contributed by atoms with Gasteiger partial charge in [0.25, 0.3) is 0 Å². The van der Waals surface area contributed by atoms with Crippen LogP contribution in [0.4, 0.5) is 19.0 Å². The summed E-state index contributed by atoms with van der Waals surface area (Å²) in [7, 11) is 1.87. The van der Waals surface area contributed by atoms with Crippen molar-refractivity contribution in [3.8, 4) is 23.2 Å². The Bertz CT molecular complexity index is 918. The average Bonchev–Trinajstić information content (AvgIpc) is 2.67. The second kappa shape index (κ2) is 9.76. The molecule has 2 atom stereocenters. The zero-order valence-corrected chi connectivity index (χ0v) is 17.2. The number of nitrogens with one attached hydrogen (secondary N) is 1. The maximum atomic E-state index is 13.1. The van der Waals surface area contributed by atoms with Gasteiger partial charge in [-0.3, -0.25) is 0 Å². The molecule has 0 bridgehead atoms. The normalized spacial score (nSPS) is 13.6. The number of anilines is 1. The molecule has 30 heavy (non-hydrogen) atoms. The number of benzene rings is 1. The van der Waals surface area contributed by atoms with Crippen molar-refractivity contribution in [2.45, 2.75) is 45.2 Å². The van der Waals surface area contributed by atoms with Crippen LogP contribution in [0.25, 0.3) is 11.4 Å². The Morgan fingerprint density at radius 3 is 2.57 bits per heavy atom. The van der Waals surface area contributed by atoms with Crippen LogP contribution in [0, 0.1) is 17.2 Å². The smallest absolute Gasteiger partial charge is 0.416 e. The van der Waals surface area contributed by atoms with Crippen molar-refractivity contribution in [2.24, 2.45) is 5.92 Å². The lowest BCUT2D eigenvalue weighted by molar-refractivity contribution is -0.137. The molecule has 1 aromatic heterocycles. The minimum atomic E-state index is -4.59. The summed E-state index contributed by atoms with van der Waals surface area (Å²) in [6.45, 7) is 4.78. The van der Waals surface area contributed by atoms with Crippen LogP contribution in [-0.2, 0) is 6.18 Å². The summed E-state index contributed by atoms with van der Waals surface area (Å²) < 4.78 is 39.3. The molecule has 0 saturated heterocycles. The van der Waals surface area contributed by atoms with Gasteiger partial charge in [0.05, 0.1) is 16.8 Å². The molecule has 0 aliphatic heterocycles. The Labute approximate surface area is 174 Å². The maximum absolute atomic E-state index is 13.1. The molecule has 0 aliphatic carbocycles. The molecule has 0 saturated carbocycles. The number of hydrogen-bond donors (Lipinski definition) is 3. The van der Waals surface area contributed by atoms with Crippen LogP contribution in [0.5, 0.6) is 5.75 Å². The topological polar surface area (TPSA) is 108 Å². The predicted octanol–water partition coefficient (Wildman–Crippen LogP) is 4.45. The molecule has 1 aromatic carbocycles. The molecule has 0 amide bonds. The van der Waals surface area contributed by atoms with Crippen molar-refractivity contribution in [3.63, 3.8) is 0 Å². The van der Waals surface area contributed by atoms with Gasteiger partial charge in [-0.25, -0.2) is 9.97 Å². The van der Waals surface area contributed by atoms with E-state index in [0.717, 1.165) is 37.6 Å². The maximum Gasteiger partial charge on any atom is 0.416 e. The van der Waals surface area contributed by atoms with Gasteiger partial charge in [-0.2, -0.15) is 18.4 Å². The summed E-state index contributed by atoms with van der Waals surface area (Å²) in [5.41, 5.74) is 5.30. The first-order valence-electron chi connectivity index (χ1n) is 9.74. The van der Waals surface area contributed by atoms with Gasteiger partial charge in [0.15, 0.2) is 5.82 Å². The quantitative estimate of drug-likeness (QED) is 0.581. The number of rotatable bonds is 8. The fourth-order valence-electron chi connectivity index (χ4n) is 3.59. The molecule has 2 rings (SSSR count). The van der Waals surface area contributed by atoms with Gasteiger partial charge >= 0.3 is 6.18 Å². The average molecular weight is 421 g/mol. The van der Waals surface area contributed by atoms with Gasteiger partial charge in [0.1, 0.15) is 23.2 Å². The summed E-state index contributed by atoms with van der Waals surface area (Å²) >= 11 is 0. The van der Waals surface area contributed by atoms with E-state index < -0.39 is 17.5 Å². The predicted molar refractivity (Wildman–Crippen MR) is 109 cm³/mol. The van der Waals surface area contributed by atoms with E-state index in [9.17, 15) is 23.5 Å². The number of nitriles is 1. The Hall–Kier alpha value is -2.86. The summed E-state index contributed by atoms with van der Waals surface area (Å²) in [6.07, 6.45) is -1.89. The number of hydrogen-bond acceptors (Lipinski definition) is 6. The van der Waals surface area contributed by atoms with Crippen molar-refractivity contribution < 1.29 is 18.3 Å². The van der Waals surface area contributed by atoms with Crippen LogP contribution in [-0.4, -0.2) is 28.7 Å². The summed E-state index contributed by atoms with van der Waals surface area (Å²) in [6, 6.07) is 4.51. The zero-order chi connectivity index (χ0) is 22.5. The molecule has 2 unspecified atom stereocenters. The number of nitrogens with zero attached hydrogens (tertiary/aromatic N) is 3. The number of halogens is 3. The van der Waals surface area contributed by atoms with Gasteiger partial charge in [0.2, 0.25) is 0 Å². The lowest BCUT2D eigenvalue weighted by atomic mass is 9.88. The van der Waals surface area contributed by atoms with Crippen LogP contribution >= 0.6 is 0 Å². The van der Waals surface area contributed by atoms with Gasteiger partial charge in [0, 0.05) is 5.92 Å². The van der Waals surface area contributed by atoms with Crippen molar-refractivity contribution in [1.82, 2.24) is 15.3 Å². The van der Waals surface area contributed by atoms with Crippen LogP contribution < -0.4 is 11.1 Å². The second-order valence-electron chi connectivity index (χ2n) is 7.38. The Kier molecular flexibility index (Phi) is 7.62. The molecule has 162 valence electrons. The van der Waals surface area contributed by atoms with Crippen LogP contribution in [0.1, 0.15) is 55.8 Å². The Balaban J connectivity index is 2.54. The number of alkyl halides is 3. The molecule has 0 radical (unpaired) electrons. The fraction of sp³-hybridized carbons (Fsp3) is 0.476. The fourth-order valence-corrected chi connectivity index (χ4v) is 3.59. The molecule has 1 heterocycles. The largest absolute Gasteiger partial charge is 0.507 e. The summed E-state index contributed by atoms with van der Waals surface area (Å²) in [5.74, 6) is -0.506. The van der Waals surface area contributed by atoms with Crippen molar-refractivity contribution in [1.29, 1.82) is 5.26 Å². The van der Waals surface area contributed by atoms with Crippen LogP contribution in [0.15, 0.2) is 18.2 Å². The summed E-state index contributed by atoms with van der Waals surface area (Å²) in [4.78, 5) is 8.37. The van der Waals surface area contributed by atoms with Crippen LogP contribution in [0.2, 0.25) is 0 Å². The minimum Gasteiger partial charge on any atom is -0.507 e.